The fourth-order valence-electron chi connectivity index (χ4n) is 4.68. The molecule has 0 radical (unpaired) electrons. The first kappa shape index (κ1) is 21.2. The minimum Gasteiger partial charge on any atom is -0.456 e. The Morgan fingerprint density at radius 1 is 0.588 bits per heavy atom. The van der Waals surface area contributed by atoms with Crippen LogP contribution in [0.1, 0.15) is 27.7 Å². The first-order chi connectivity index (χ1) is 16.3. The number of fused-ring (bicyclic) bond motifs is 3. The van der Waals surface area contributed by atoms with Crippen LogP contribution in [0.3, 0.4) is 0 Å². The number of benzene rings is 4. The Balaban J connectivity index is 1.45. The monoisotopic (exact) mass is 446 g/mol. The van der Waals surface area contributed by atoms with Crippen molar-refractivity contribution < 1.29 is 13.7 Å². The summed E-state index contributed by atoms with van der Waals surface area (Å²) in [4.78, 5) is 0. The van der Waals surface area contributed by atoms with E-state index in [-0.39, 0.29) is 11.2 Å². The van der Waals surface area contributed by atoms with Gasteiger partial charge in [0.15, 0.2) is 0 Å². The van der Waals surface area contributed by atoms with Crippen LogP contribution in [0.4, 0.5) is 0 Å². The van der Waals surface area contributed by atoms with Crippen molar-refractivity contribution in [1.82, 2.24) is 0 Å². The molecule has 0 atom stereocenters. The average molecular weight is 446 g/mol. The Kier molecular flexibility index (Phi) is 4.74. The number of hydrogen-bond donors (Lipinski definition) is 0. The lowest BCUT2D eigenvalue weighted by Crippen LogP contribution is -2.41. The van der Waals surface area contributed by atoms with Gasteiger partial charge in [0.1, 0.15) is 11.2 Å². The summed E-state index contributed by atoms with van der Waals surface area (Å²) < 4.78 is 18.8. The van der Waals surface area contributed by atoms with E-state index in [2.05, 4.69) is 94.4 Å². The quantitative estimate of drug-likeness (QED) is 0.274. The molecular weight excluding hydrogens is 419 g/mol. The Morgan fingerprint density at radius 3 is 1.94 bits per heavy atom. The highest BCUT2D eigenvalue weighted by atomic mass is 16.7. The summed E-state index contributed by atoms with van der Waals surface area (Å²) in [5, 5.41) is 2.19. The summed E-state index contributed by atoms with van der Waals surface area (Å²) in [5.41, 5.74) is 6.73. The molecule has 1 saturated heterocycles. The third-order valence-corrected chi connectivity index (χ3v) is 7.35. The van der Waals surface area contributed by atoms with Gasteiger partial charge in [-0.3, -0.25) is 0 Å². The van der Waals surface area contributed by atoms with Gasteiger partial charge in [0.05, 0.1) is 11.2 Å². The Morgan fingerprint density at radius 2 is 1.24 bits per heavy atom. The molecule has 4 aromatic carbocycles. The minimum absolute atomic E-state index is 0.378. The normalized spacial score (nSPS) is 17.0. The highest BCUT2D eigenvalue weighted by molar-refractivity contribution is 6.62. The van der Waals surface area contributed by atoms with Gasteiger partial charge < -0.3 is 13.7 Å². The summed E-state index contributed by atoms with van der Waals surface area (Å²) >= 11 is 0. The van der Waals surface area contributed by atoms with Crippen molar-refractivity contribution in [3.8, 4) is 22.3 Å². The van der Waals surface area contributed by atoms with Crippen molar-refractivity contribution >= 4 is 34.5 Å². The molecule has 1 fully saturated rings. The van der Waals surface area contributed by atoms with E-state index in [0.717, 1.165) is 38.5 Å². The van der Waals surface area contributed by atoms with Crippen LogP contribution in [0.15, 0.2) is 95.4 Å². The molecule has 0 bridgehead atoms. The lowest BCUT2D eigenvalue weighted by molar-refractivity contribution is 0.00578. The van der Waals surface area contributed by atoms with E-state index in [1.54, 1.807) is 0 Å². The molecule has 168 valence electrons. The van der Waals surface area contributed by atoms with Crippen molar-refractivity contribution in [2.45, 2.75) is 38.9 Å². The molecule has 5 aromatic rings. The van der Waals surface area contributed by atoms with E-state index in [0.29, 0.717) is 0 Å². The smallest absolute Gasteiger partial charge is 0.456 e. The van der Waals surface area contributed by atoms with Crippen molar-refractivity contribution in [1.29, 1.82) is 0 Å². The van der Waals surface area contributed by atoms with Crippen LogP contribution in [-0.2, 0) is 9.31 Å². The molecule has 34 heavy (non-hydrogen) atoms. The highest BCUT2D eigenvalue weighted by Crippen LogP contribution is 2.39. The zero-order chi connectivity index (χ0) is 23.5. The van der Waals surface area contributed by atoms with Crippen LogP contribution < -0.4 is 5.46 Å². The Hall–Kier alpha value is -3.34. The molecule has 2 heterocycles. The Labute approximate surface area is 200 Å². The third kappa shape index (κ3) is 3.37. The minimum atomic E-state index is -0.406. The predicted octanol–water partition coefficient (Wildman–Crippen LogP) is 7.22. The largest absolute Gasteiger partial charge is 0.494 e. The molecule has 4 heteroatoms. The number of rotatable bonds is 3. The van der Waals surface area contributed by atoms with Gasteiger partial charge in [0.2, 0.25) is 0 Å². The summed E-state index contributed by atoms with van der Waals surface area (Å²) in [6.07, 6.45) is 0. The van der Waals surface area contributed by atoms with Gasteiger partial charge in [-0.15, -0.1) is 0 Å². The zero-order valence-electron chi connectivity index (χ0n) is 20.0. The lowest BCUT2D eigenvalue weighted by Gasteiger charge is -2.32. The van der Waals surface area contributed by atoms with Crippen LogP contribution in [0, 0.1) is 0 Å². The number of hydrogen-bond acceptors (Lipinski definition) is 3. The average Bonchev–Trinajstić information content (AvgIpc) is 3.32. The van der Waals surface area contributed by atoms with Gasteiger partial charge >= 0.3 is 7.12 Å². The van der Waals surface area contributed by atoms with E-state index >= 15 is 0 Å². The fraction of sp³-hybridized carbons (Fsp3) is 0.200. The summed E-state index contributed by atoms with van der Waals surface area (Å²) in [6, 6.07) is 31.7. The van der Waals surface area contributed by atoms with Crippen LogP contribution in [-0.4, -0.2) is 18.3 Å². The molecule has 3 nitrogen and oxygen atoms in total. The SMILES string of the molecule is CC1(C)OB(c2ccc3oc4cccc(-c5ccc(-c6ccccc6)cc5)c4c3c2)OC1(C)C. The van der Waals surface area contributed by atoms with Gasteiger partial charge in [-0.25, -0.2) is 0 Å². The summed E-state index contributed by atoms with van der Waals surface area (Å²) in [5.74, 6) is 0. The van der Waals surface area contributed by atoms with E-state index < -0.39 is 7.12 Å². The van der Waals surface area contributed by atoms with Crippen LogP contribution in [0.5, 0.6) is 0 Å². The van der Waals surface area contributed by atoms with Crippen LogP contribution >= 0.6 is 0 Å². The maximum atomic E-state index is 6.30. The molecule has 0 N–H and O–H groups in total. The van der Waals surface area contributed by atoms with E-state index in [9.17, 15) is 0 Å². The van der Waals surface area contributed by atoms with Gasteiger partial charge in [-0.1, -0.05) is 78.9 Å². The molecule has 1 aromatic heterocycles. The van der Waals surface area contributed by atoms with E-state index in [1.165, 1.54) is 11.1 Å². The second-order valence-electron chi connectivity index (χ2n) is 10.1. The zero-order valence-corrected chi connectivity index (χ0v) is 20.0. The lowest BCUT2D eigenvalue weighted by atomic mass is 9.78. The molecule has 0 unspecified atom stereocenters. The molecule has 0 saturated carbocycles. The number of furan rings is 1. The van der Waals surface area contributed by atoms with Gasteiger partial charge in [0.25, 0.3) is 0 Å². The van der Waals surface area contributed by atoms with Crippen LogP contribution in [0.2, 0.25) is 0 Å². The maximum absolute atomic E-state index is 6.30. The first-order valence-corrected chi connectivity index (χ1v) is 11.8. The molecule has 6 rings (SSSR count). The highest BCUT2D eigenvalue weighted by Gasteiger charge is 2.51. The third-order valence-electron chi connectivity index (χ3n) is 7.35. The topological polar surface area (TPSA) is 31.6 Å². The van der Waals surface area contributed by atoms with Gasteiger partial charge in [0, 0.05) is 10.8 Å². The second kappa shape index (κ2) is 7.59. The molecular formula is C30H27BO3. The second-order valence-corrected chi connectivity index (χ2v) is 10.1. The van der Waals surface area contributed by atoms with E-state index in [4.69, 9.17) is 13.7 Å². The van der Waals surface area contributed by atoms with Crippen molar-refractivity contribution in [2.75, 3.05) is 0 Å². The standard InChI is InChI=1S/C30H27BO3/c1-29(2)30(3,4)34-31(33-29)23-17-18-26-25(19-23)28-24(11-8-12-27(28)32-26)22-15-13-21(14-16-22)20-9-6-5-7-10-20/h5-19H,1-4H3. The Bertz CT molecular complexity index is 1480. The van der Waals surface area contributed by atoms with Crippen molar-refractivity contribution in [3.05, 3.63) is 91.0 Å². The molecule has 1 aliphatic rings. The summed E-state index contributed by atoms with van der Waals surface area (Å²) in [6.45, 7) is 8.32. The summed E-state index contributed by atoms with van der Waals surface area (Å²) in [7, 11) is -0.406. The van der Waals surface area contributed by atoms with Crippen molar-refractivity contribution in [3.63, 3.8) is 0 Å². The van der Waals surface area contributed by atoms with Gasteiger partial charge in [-0.05, 0) is 67.5 Å². The molecule has 0 spiro atoms. The fourth-order valence-corrected chi connectivity index (χ4v) is 4.68. The molecule has 0 amide bonds. The van der Waals surface area contributed by atoms with E-state index in [1.807, 2.05) is 24.3 Å². The maximum Gasteiger partial charge on any atom is 0.494 e. The van der Waals surface area contributed by atoms with Gasteiger partial charge in [-0.2, -0.15) is 0 Å². The molecule has 0 aliphatic carbocycles. The van der Waals surface area contributed by atoms with Crippen LogP contribution in [0.25, 0.3) is 44.2 Å². The molecule has 1 aliphatic heterocycles. The predicted molar refractivity (Wildman–Crippen MR) is 140 cm³/mol. The van der Waals surface area contributed by atoms with Crippen molar-refractivity contribution in [2.24, 2.45) is 0 Å². The first-order valence-electron chi connectivity index (χ1n) is 11.8.